The van der Waals surface area contributed by atoms with E-state index in [1.54, 1.807) is 18.2 Å². The highest BCUT2D eigenvalue weighted by molar-refractivity contribution is 5.37. The molecule has 1 aromatic carbocycles. The van der Waals surface area contributed by atoms with E-state index in [2.05, 4.69) is 4.74 Å². The maximum atomic E-state index is 12.1. The topological polar surface area (TPSA) is 46.5 Å². The number of hydrogen-bond acceptors (Lipinski definition) is 2. The highest BCUT2D eigenvalue weighted by Crippen LogP contribution is 2.41. The second kappa shape index (κ2) is 6.28. The normalized spacial score (nSPS) is 15.1. The smallest absolute Gasteiger partial charge is 0.483 e. The fraction of sp³-hybridized carbons (Fsp3) is 0.417. The Kier molecular flexibility index (Phi) is 5.00. The number of halogens is 3. The highest BCUT2D eigenvalue weighted by Gasteiger charge is 2.33. The van der Waals surface area contributed by atoms with Gasteiger partial charge in [0.05, 0.1) is 0 Å². The van der Waals surface area contributed by atoms with Gasteiger partial charge in [0.25, 0.3) is 6.47 Å². The molecule has 100 valence electrons. The summed E-state index contributed by atoms with van der Waals surface area (Å²) in [5.41, 5.74) is 0.682. The molecule has 0 spiro atoms. The minimum Gasteiger partial charge on any atom is -0.483 e. The second-order valence-corrected chi connectivity index (χ2v) is 3.82. The van der Waals surface area contributed by atoms with E-state index >= 15 is 0 Å². The van der Waals surface area contributed by atoms with Crippen molar-refractivity contribution in [1.82, 2.24) is 0 Å². The standard InChI is InChI=1S/C11H11F3O.CH2O2/c12-11(13,14)15-10-7-2-1-6-9(10)8-4-3-5-8;2-1-3/h1-2,6-8H,3-5H2;1H,(H,2,3). The van der Waals surface area contributed by atoms with Gasteiger partial charge in [-0.1, -0.05) is 24.6 Å². The number of alkyl halides is 3. The van der Waals surface area contributed by atoms with Crippen LogP contribution in [0.15, 0.2) is 24.3 Å². The van der Waals surface area contributed by atoms with E-state index in [4.69, 9.17) is 9.90 Å². The summed E-state index contributed by atoms with van der Waals surface area (Å²) in [5.74, 6) is 0.193. The first-order valence-corrected chi connectivity index (χ1v) is 5.40. The summed E-state index contributed by atoms with van der Waals surface area (Å²) in [5, 5.41) is 6.89. The molecule has 0 bridgehead atoms. The third-order valence-corrected chi connectivity index (χ3v) is 2.69. The van der Waals surface area contributed by atoms with Gasteiger partial charge >= 0.3 is 6.36 Å². The van der Waals surface area contributed by atoms with E-state index in [0.717, 1.165) is 19.3 Å². The van der Waals surface area contributed by atoms with Crippen LogP contribution in [0.1, 0.15) is 30.7 Å². The van der Waals surface area contributed by atoms with Crippen molar-refractivity contribution in [3.63, 3.8) is 0 Å². The van der Waals surface area contributed by atoms with Gasteiger partial charge in [-0.2, -0.15) is 0 Å². The number of carbonyl (C=O) groups is 1. The molecule has 2 rings (SSSR count). The van der Waals surface area contributed by atoms with Crippen molar-refractivity contribution in [2.24, 2.45) is 0 Å². The SMILES string of the molecule is FC(F)(F)Oc1ccccc1C1CCC1.O=CO. The van der Waals surface area contributed by atoms with Crippen molar-refractivity contribution < 1.29 is 27.8 Å². The van der Waals surface area contributed by atoms with Crippen LogP contribution >= 0.6 is 0 Å². The molecule has 1 aliphatic carbocycles. The zero-order valence-electron chi connectivity index (χ0n) is 9.48. The van der Waals surface area contributed by atoms with Gasteiger partial charge in [-0.05, 0) is 30.4 Å². The van der Waals surface area contributed by atoms with Crippen LogP contribution in [0, 0.1) is 0 Å². The lowest BCUT2D eigenvalue weighted by Gasteiger charge is -2.27. The molecule has 0 heterocycles. The van der Waals surface area contributed by atoms with Crippen LogP contribution in [-0.4, -0.2) is 17.9 Å². The van der Waals surface area contributed by atoms with Gasteiger partial charge < -0.3 is 9.84 Å². The van der Waals surface area contributed by atoms with Crippen LogP contribution < -0.4 is 4.74 Å². The van der Waals surface area contributed by atoms with E-state index in [-0.39, 0.29) is 18.1 Å². The molecule has 3 nitrogen and oxygen atoms in total. The van der Waals surface area contributed by atoms with Gasteiger partial charge in [-0.25, -0.2) is 0 Å². The summed E-state index contributed by atoms with van der Waals surface area (Å²) in [7, 11) is 0. The van der Waals surface area contributed by atoms with Gasteiger partial charge in [0.15, 0.2) is 0 Å². The van der Waals surface area contributed by atoms with E-state index in [1.807, 2.05) is 0 Å². The monoisotopic (exact) mass is 262 g/mol. The van der Waals surface area contributed by atoms with E-state index in [1.165, 1.54) is 6.07 Å². The van der Waals surface area contributed by atoms with Crippen molar-refractivity contribution in [2.75, 3.05) is 0 Å². The summed E-state index contributed by atoms with van der Waals surface area (Å²) < 4.78 is 40.2. The number of rotatable bonds is 2. The fourth-order valence-corrected chi connectivity index (χ4v) is 1.75. The molecular formula is C12H13F3O3. The largest absolute Gasteiger partial charge is 0.573 e. The molecular weight excluding hydrogens is 249 g/mol. The molecule has 1 aliphatic rings. The molecule has 0 atom stereocenters. The first-order chi connectivity index (χ1) is 8.48. The lowest BCUT2D eigenvalue weighted by Crippen LogP contribution is -2.19. The minimum absolute atomic E-state index is 0.0466. The summed E-state index contributed by atoms with van der Waals surface area (Å²) >= 11 is 0. The van der Waals surface area contributed by atoms with Gasteiger partial charge in [0, 0.05) is 0 Å². The summed E-state index contributed by atoms with van der Waals surface area (Å²) in [4.78, 5) is 8.36. The van der Waals surface area contributed by atoms with E-state index in [0.29, 0.717) is 5.56 Å². The number of carboxylic acid groups (broad SMARTS) is 1. The Hall–Kier alpha value is -1.72. The molecule has 1 N–H and O–H groups in total. The minimum atomic E-state index is -4.60. The van der Waals surface area contributed by atoms with E-state index < -0.39 is 6.36 Å². The van der Waals surface area contributed by atoms with Crippen molar-refractivity contribution in [3.8, 4) is 5.75 Å². The number of para-hydroxylation sites is 1. The number of hydrogen-bond donors (Lipinski definition) is 1. The molecule has 1 saturated carbocycles. The number of benzene rings is 1. The second-order valence-electron chi connectivity index (χ2n) is 3.82. The third kappa shape index (κ3) is 4.27. The van der Waals surface area contributed by atoms with Crippen molar-refractivity contribution in [2.45, 2.75) is 31.5 Å². The van der Waals surface area contributed by atoms with Crippen LogP contribution in [0.3, 0.4) is 0 Å². The van der Waals surface area contributed by atoms with Gasteiger partial charge in [0.2, 0.25) is 0 Å². The van der Waals surface area contributed by atoms with Crippen LogP contribution in [0.4, 0.5) is 13.2 Å². The number of ether oxygens (including phenoxy) is 1. The van der Waals surface area contributed by atoms with Crippen LogP contribution in [-0.2, 0) is 4.79 Å². The van der Waals surface area contributed by atoms with Crippen molar-refractivity contribution in [1.29, 1.82) is 0 Å². The first-order valence-electron chi connectivity index (χ1n) is 5.40. The van der Waals surface area contributed by atoms with Gasteiger partial charge in [-0.3, -0.25) is 4.79 Å². The van der Waals surface area contributed by atoms with Gasteiger partial charge in [0.1, 0.15) is 5.75 Å². The Morgan fingerprint density at radius 3 is 2.28 bits per heavy atom. The molecule has 0 unspecified atom stereocenters. The Morgan fingerprint density at radius 2 is 1.83 bits per heavy atom. The maximum Gasteiger partial charge on any atom is 0.573 e. The molecule has 1 aromatic rings. The first kappa shape index (κ1) is 14.3. The summed E-state index contributed by atoms with van der Waals surface area (Å²) in [6.07, 6.45) is -1.60. The van der Waals surface area contributed by atoms with Crippen LogP contribution in [0.5, 0.6) is 5.75 Å². The molecule has 18 heavy (non-hydrogen) atoms. The Morgan fingerprint density at radius 1 is 1.28 bits per heavy atom. The Balaban J connectivity index is 0.000000492. The van der Waals surface area contributed by atoms with Crippen molar-refractivity contribution in [3.05, 3.63) is 29.8 Å². The fourth-order valence-electron chi connectivity index (χ4n) is 1.75. The molecule has 0 aromatic heterocycles. The Bertz CT molecular complexity index is 386. The average molecular weight is 262 g/mol. The van der Waals surface area contributed by atoms with Crippen molar-refractivity contribution >= 4 is 6.47 Å². The lowest BCUT2D eigenvalue weighted by atomic mass is 9.80. The molecule has 0 radical (unpaired) electrons. The zero-order valence-corrected chi connectivity index (χ0v) is 9.48. The third-order valence-electron chi connectivity index (χ3n) is 2.69. The lowest BCUT2D eigenvalue weighted by molar-refractivity contribution is -0.275. The maximum absolute atomic E-state index is 12.1. The highest BCUT2D eigenvalue weighted by atomic mass is 19.4. The van der Waals surface area contributed by atoms with Crippen LogP contribution in [0.2, 0.25) is 0 Å². The molecule has 1 fully saturated rings. The predicted octanol–water partition coefficient (Wildman–Crippen LogP) is 3.55. The average Bonchev–Trinajstić information content (AvgIpc) is 2.17. The quantitative estimate of drug-likeness (QED) is 0.829. The molecule has 0 amide bonds. The predicted molar refractivity (Wildman–Crippen MR) is 58.4 cm³/mol. The molecule has 0 saturated heterocycles. The van der Waals surface area contributed by atoms with Crippen LogP contribution in [0.25, 0.3) is 0 Å². The summed E-state index contributed by atoms with van der Waals surface area (Å²) in [6, 6.07) is 6.40. The molecule has 0 aliphatic heterocycles. The molecule has 6 heteroatoms. The van der Waals surface area contributed by atoms with E-state index in [9.17, 15) is 13.2 Å². The van der Waals surface area contributed by atoms with Gasteiger partial charge in [-0.15, -0.1) is 13.2 Å². The zero-order chi connectivity index (χ0) is 13.6. The Labute approximate surface area is 102 Å². The summed E-state index contributed by atoms with van der Waals surface area (Å²) in [6.45, 7) is -0.250.